The first-order valence-corrected chi connectivity index (χ1v) is 8.01. The van der Waals surface area contributed by atoms with Gasteiger partial charge < -0.3 is 4.90 Å². The zero-order valence-electron chi connectivity index (χ0n) is 11.7. The van der Waals surface area contributed by atoms with E-state index in [1.807, 2.05) is 17.5 Å². The van der Waals surface area contributed by atoms with Crippen LogP contribution in [0.5, 0.6) is 0 Å². The van der Waals surface area contributed by atoms with Gasteiger partial charge in [0.05, 0.1) is 12.5 Å². The molecule has 1 saturated heterocycles. The highest BCUT2D eigenvalue weighted by Crippen LogP contribution is 2.34. The van der Waals surface area contributed by atoms with Crippen LogP contribution in [-0.2, 0) is 11.2 Å². The maximum atomic E-state index is 12.5. The first-order chi connectivity index (χ1) is 9.75. The summed E-state index contributed by atoms with van der Waals surface area (Å²) in [5, 5.41) is 2.03. The molecule has 0 bridgehead atoms. The molecule has 1 aromatic heterocycles. The molecule has 1 aromatic carbocycles. The fourth-order valence-corrected chi connectivity index (χ4v) is 3.71. The van der Waals surface area contributed by atoms with E-state index in [1.54, 1.807) is 11.3 Å². The molecule has 2 heterocycles. The minimum absolute atomic E-state index is 0.262. The minimum atomic E-state index is 0.262. The van der Waals surface area contributed by atoms with Crippen LogP contribution in [0.3, 0.4) is 0 Å². The third kappa shape index (κ3) is 2.63. The molecule has 104 valence electrons. The number of thiophene rings is 1. The average Bonchev–Trinajstić information content (AvgIpc) is 3.09. The van der Waals surface area contributed by atoms with E-state index < -0.39 is 0 Å². The maximum Gasteiger partial charge on any atom is 0.228 e. The Labute approximate surface area is 124 Å². The molecule has 1 fully saturated rings. The van der Waals surface area contributed by atoms with Crippen molar-refractivity contribution >= 4 is 17.2 Å². The van der Waals surface area contributed by atoms with Crippen molar-refractivity contribution in [2.75, 3.05) is 6.54 Å². The van der Waals surface area contributed by atoms with E-state index in [1.165, 1.54) is 11.1 Å². The molecule has 0 saturated carbocycles. The maximum absolute atomic E-state index is 12.5. The molecule has 0 radical (unpaired) electrons. The smallest absolute Gasteiger partial charge is 0.228 e. The average molecular weight is 285 g/mol. The van der Waals surface area contributed by atoms with Crippen LogP contribution in [-0.4, -0.2) is 17.4 Å². The summed E-state index contributed by atoms with van der Waals surface area (Å²) in [6, 6.07) is 12.8. The first-order valence-electron chi connectivity index (χ1n) is 7.13. The summed E-state index contributed by atoms with van der Waals surface area (Å²) >= 11 is 1.66. The fourth-order valence-electron chi connectivity index (χ4n) is 3.01. The number of nitrogens with zero attached hydrogens (tertiary/aromatic N) is 1. The van der Waals surface area contributed by atoms with Crippen molar-refractivity contribution in [1.82, 2.24) is 4.90 Å². The number of likely N-dealkylation sites (tertiary alicyclic amines) is 1. The molecule has 2 aromatic rings. The largest absolute Gasteiger partial charge is 0.335 e. The van der Waals surface area contributed by atoms with Crippen molar-refractivity contribution in [2.24, 2.45) is 0 Å². The predicted octanol–water partition coefficient (Wildman–Crippen LogP) is 3.96. The third-order valence-corrected chi connectivity index (χ3v) is 4.90. The van der Waals surface area contributed by atoms with Gasteiger partial charge in [0.25, 0.3) is 0 Å². The third-order valence-electron chi connectivity index (χ3n) is 4.03. The molecule has 20 heavy (non-hydrogen) atoms. The summed E-state index contributed by atoms with van der Waals surface area (Å²) in [4.78, 5) is 15.8. The Bertz CT molecular complexity index is 591. The fraction of sp³-hybridized carbons (Fsp3) is 0.353. The number of hydrogen-bond donors (Lipinski definition) is 0. The summed E-state index contributed by atoms with van der Waals surface area (Å²) in [7, 11) is 0. The highest BCUT2D eigenvalue weighted by molar-refractivity contribution is 7.10. The molecule has 3 rings (SSSR count). The summed E-state index contributed by atoms with van der Waals surface area (Å²) in [5.41, 5.74) is 2.60. The number of carbonyl (C=O) groups is 1. The van der Waals surface area contributed by atoms with Crippen LogP contribution in [0.4, 0.5) is 0 Å². The van der Waals surface area contributed by atoms with Crippen molar-refractivity contribution in [2.45, 2.75) is 32.2 Å². The van der Waals surface area contributed by atoms with Crippen LogP contribution in [0.25, 0.3) is 0 Å². The number of amides is 1. The molecule has 1 aliphatic heterocycles. The van der Waals surface area contributed by atoms with E-state index in [2.05, 4.69) is 36.1 Å². The van der Waals surface area contributed by atoms with E-state index in [0.29, 0.717) is 6.42 Å². The lowest BCUT2D eigenvalue weighted by molar-refractivity contribution is -0.131. The van der Waals surface area contributed by atoms with E-state index in [4.69, 9.17) is 0 Å². The first kappa shape index (κ1) is 13.4. The molecule has 1 aliphatic rings. The van der Waals surface area contributed by atoms with Gasteiger partial charge in [-0.1, -0.05) is 30.3 Å². The molecule has 2 nitrogen and oxygen atoms in total. The van der Waals surface area contributed by atoms with Gasteiger partial charge >= 0.3 is 0 Å². The van der Waals surface area contributed by atoms with Crippen molar-refractivity contribution < 1.29 is 4.79 Å². The Morgan fingerprint density at radius 3 is 2.90 bits per heavy atom. The zero-order valence-corrected chi connectivity index (χ0v) is 12.5. The lowest BCUT2D eigenvalue weighted by atomic mass is 9.99. The van der Waals surface area contributed by atoms with Gasteiger partial charge in [-0.15, -0.1) is 11.3 Å². The summed E-state index contributed by atoms with van der Waals surface area (Å²) in [6.07, 6.45) is 2.73. The van der Waals surface area contributed by atoms with Crippen molar-refractivity contribution in [1.29, 1.82) is 0 Å². The summed E-state index contributed by atoms with van der Waals surface area (Å²) in [5.74, 6) is 0.262. The second kappa shape index (κ2) is 5.80. The van der Waals surface area contributed by atoms with E-state index >= 15 is 0 Å². The molecule has 0 aliphatic carbocycles. The molecule has 1 atom stereocenters. The van der Waals surface area contributed by atoms with Crippen molar-refractivity contribution in [3.8, 4) is 0 Å². The Balaban J connectivity index is 1.79. The van der Waals surface area contributed by atoms with Crippen LogP contribution in [0.2, 0.25) is 0 Å². The molecular weight excluding hydrogens is 266 g/mol. The molecule has 1 amide bonds. The van der Waals surface area contributed by atoms with Gasteiger partial charge in [0.15, 0.2) is 0 Å². The topological polar surface area (TPSA) is 20.3 Å². The molecule has 3 heteroatoms. The molecule has 0 N–H and O–H groups in total. The van der Waals surface area contributed by atoms with Crippen molar-refractivity contribution in [3.05, 3.63) is 57.8 Å². The number of hydrogen-bond acceptors (Lipinski definition) is 2. The predicted molar refractivity (Wildman–Crippen MR) is 82.9 cm³/mol. The second-order valence-electron chi connectivity index (χ2n) is 5.36. The quantitative estimate of drug-likeness (QED) is 0.836. The monoisotopic (exact) mass is 285 g/mol. The Hall–Kier alpha value is -1.61. The second-order valence-corrected chi connectivity index (χ2v) is 6.39. The SMILES string of the molecule is Cc1ccccc1[C@@H]1CCCN1C(=O)Cc1cccs1. The molecule has 0 spiro atoms. The molecule has 0 unspecified atom stereocenters. The van der Waals surface area contributed by atoms with Crippen LogP contribution >= 0.6 is 11.3 Å². The number of carbonyl (C=O) groups excluding carboxylic acids is 1. The van der Waals surface area contributed by atoms with E-state index in [-0.39, 0.29) is 11.9 Å². The van der Waals surface area contributed by atoms with Gasteiger partial charge in [0.1, 0.15) is 0 Å². The summed E-state index contributed by atoms with van der Waals surface area (Å²) < 4.78 is 0. The van der Waals surface area contributed by atoms with Gasteiger partial charge in [0.2, 0.25) is 5.91 Å². The van der Waals surface area contributed by atoms with Crippen LogP contribution in [0.15, 0.2) is 41.8 Å². The summed E-state index contributed by atoms with van der Waals surface area (Å²) in [6.45, 7) is 3.03. The minimum Gasteiger partial charge on any atom is -0.335 e. The Kier molecular flexibility index (Phi) is 3.88. The Morgan fingerprint density at radius 1 is 1.30 bits per heavy atom. The van der Waals surface area contributed by atoms with Crippen LogP contribution in [0, 0.1) is 6.92 Å². The van der Waals surface area contributed by atoms with Gasteiger partial charge in [-0.25, -0.2) is 0 Å². The molecular formula is C17H19NOS. The van der Waals surface area contributed by atoms with Gasteiger partial charge in [0, 0.05) is 11.4 Å². The van der Waals surface area contributed by atoms with Gasteiger partial charge in [-0.3, -0.25) is 4.79 Å². The standard InChI is InChI=1S/C17H19NOS/c1-13-6-2-3-8-15(13)16-9-4-10-18(16)17(19)12-14-7-5-11-20-14/h2-3,5-8,11,16H,4,9-10,12H2,1H3/t16-/m0/s1. The Morgan fingerprint density at radius 2 is 2.15 bits per heavy atom. The number of rotatable bonds is 3. The highest BCUT2D eigenvalue weighted by atomic mass is 32.1. The van der Waals surface area contributed by atoms with Gasteiger partial charge in [-0.05, 0) is 42.3 Å². The van der Waals surface area contributed by atoms with E-state index in [0.717, 1.165) is 24.3 Å². The lowest BCUT2D eigenvalue weighted by Gasteiger charge is -2.26. The lowest BCUT2D eigenvalue weighted by Crippen LogP contribution is -2.31. The zero-order chi connectivity index (χ0) is 13.9. The van der Waals surface area contributed by atoms with Crippen LogP contribution < -0.4 is 0 Å². The normalized spacial score (nSPS) is 18.4. The number of benzene rings is 1. The number of aryl methyl sites for hydroxylation is 1. The highest BCUT2D eigenvalue weighted by Gasteiger charge is 2.30. The van der Waals surface area contributed by atoms with E-state index in [9.17, 15) is 4.79 Å². The van der Waals surface area contributed by atoms with Crippen molar-refractivity contribution in [3.63, 3.8) is 0 Å². The van der Waals surface area contributed by atoms with Crippen LogP contribution in [0.1, 0.15) is 34.9 Å². The van der Waals surface area contributed by atoms with Gasteiger partial charge in [-0.2, -0.15) is 0 Å².